The summed E-state index contributed by atoms with van der Waals surface area (Å²) in [5, 5.41) is 9.25. The zero-order chi connectivity index (χ0) is 22.5. The van der Waals surface area contributed by atoms with Gasteiger partial charge in [0, 0.05) is 41.1 Å². The van der Waals surface area contributed by atoms with Crippen LogP contribution in [0.1, 0.15) is 38.5 Å². The molecule has 0 bridgehead atoms. The van der Waals surface area contributed by atoms with E-state index in [0.29, 0.717) is 22.8 Å². The Hall–Kier alpha value is -3.06. The lowest BCUT2D eigenvalue weighted by molar-refractivity contribution is -0.120. The fourth-order valence-electron chi connectivity index (χ4n) is 4.35. The first-order valence-electron chi connectivity index (χ1n) is 11.0. The van der Waals surface area contributed by atoms with Crippen molar-refractivity contribution >= 4 is 46.5 Å². The number of amides is 4. The Morgan fingerprint density at radius 3 is 2.28 bits per heavy atom. The Balaban J connectivity index is 1.32. The van der Waals surface area contributed by atoms with Crippen molar-refractivity contribution in [2.24, 2.45) is 5.92 Å². The molecule has 1 saturated carbocycles. The molecule has 1 aliphatic carbocycles. The molecule has 2 aromatic rings. The summed E-state index contributed by atoms with van der Waals surface area (Å²) >= 11 is 5.87. The van der Waals surface area contributed by atoms with Crippen LogP contribution in [-0.2, 0) is 9.59 Å². The smallest absolute Gasteiger partial charge is 0.319 e. The van der Waals surface area contributed by atoms with Gasteiger partial charge in [-0.05, 0) is 74.2 Å². The fourth-order valence-corrected chi connectivity index (χ4v) is 4.48. The van der Waals surface area contributed by atoms with Gasteiger partial charge in [-0.15, -0.1) is 0 Å². The number of hydrogen-bond donors (Lipinski definition) is 3. The highest BCUT2D eigenvalue weighted by Crippen LogP contribution is 2.28. The van der Waals surface area contributed by atoms with Gasteiger partial charge in [-0.3, -0.25) is 9.59 Å². The SMILES string of the molecule is O=C(Nc1ccc(Cl)cc1)N[C@H]1CCC[C@H]1C(=O)Nc1ccc(N2CCCCC2=O)cc1. The van der Waals surface area contributed by atoms with E-state index in [9.17, 15) is 14.4 Å². The highest BCUT2D eigenvalue weighted by molar-refractivity contribution is 6.30. The molecule has 4 rings (SSSR count). The molecule has 168 valence electrons. The van der Waals surface area contributed by atoms with Crippen molar-refractivity contribution in [3.8, 4) is 0 Å². The van der Waals surface area contributed by atoms with Crippen LogP contribution in [-0.4, -0.2) is 30.4 Å². The molecule has 1 aliphatic heterocycles. The molecule has 1 heterocycles. The van der Waals surface area contributed by atoms with Gasteiger partial charge in [0.05, 0.1) is 5.92 Å². The van der Waals surface area contributed by atoms with Crippen molar-refractivity contribution in [2.45, 2.75) is 44.6 Å². The number of hydrogen-bond acceptors (Lipinski definition) is 3. The number of rotatable bonds is 5. The fraction of sp³-hybridized carbons (Fsp3) is 0.375. The molecule has 2 atom stereocenters. The third-order valence-corrected chi connectivity index (χ3v) is 6.29. The summed E-state index contributed by atoms with van der Waals surface area (Å²) < 4.78 is 0. The number of piperidine rings is 1. The van der Waals surface area contributed by atoms with Crippen LogP contribution in [0, 0.1) is 5.92 Å². The van der Waals surface area contributed by atoms with Crippen molar-refractivity contribution < 1.29 is 14.4 Å². The molecule has 2 aliphatic rings. The van der Waals surface area contributed by atoms with Crippen molar-refractivity contribution in [2.75, 3.05) is 22.1 Å². The minimum Gasteiger partial charge on any atom is -0.334 e. The summed E-state index contributed by atoms with van der Waals surface area (Å²) in [4.78, 5) is 39.1. The topological polar surface area (TPSA) is 90.5 Å². The number of nitrogens with zero attached hydrogens (tertiary/aromatic N) is 1. The van der Waals surface area contributed by atoms with E-state index in [1.165, 1.54) is 0 Å². The molecule has 0 spiro atoms. The first kappa shape index (κ1) is 22.1. The molecule has 7 nitrogen and oxygen atoms in total. The van der Waals surface area contributed by atoms with E-state index in [1.54, 1.807) is 29.2 Å². The number of carbonyl (C=O) groups is 3. The van der Waals surface area contributed by atoms with E-state index in [1.807, 2.05) is 24.3 Å². The molecular formula is C24H27ClN4O3. The Morgan fingerprint density at radius 1 is 0.875 bits per heavy atom. The van der Waals surface area contributed by atoms with Crippen LogP contribution in [0.2, 0.25) is 5.02 Å². The summed E-state index contributed by atoms with van der Waals surface area (Å²) in [7, 11) is 0. The number of anilines is 3. The first-order valence-corrected chi connectivity index (χ1v) is 11.4. The van der Waals surface area contributed by atoms with Crippen LogP contribution in [0.25, 0.3) is 0 Å². The second-order valence-electron chi connectivity index (χ2n) is 8.29. The van der Waals surface area contributed by atoms with E-state index in [2.05, 4.69) is 16.0 Å². The lowest BCUT2D eigenvalue weighted by Gasteiger charge is -2.27. The molecular weight excluding hydrogens is 428 g/mol. The minimum absolute atomic E-state index is 0.110. The average Bonchev–Trinajstić information content (AvgIpc) is 3.24. The van der Waals surface area contributed by atoms with Gasteiger partial charge in [0.2, 0.25) is 11.8 Å². The Bertz CT molecular complexity index is 978. The number of carbonyl (C=O) groups excluding carboxylic acids is 3. The van der Waals surface area contributed by atoms with E-state index in [0.717, 1.165) is 44.3 Å². The molecule has 32 heavy (non-hydrogen) atoms. The molecule has 0 radical (unpaired) electrons. The Kier molecular flexibility index (Phi) is 6.95. The maximum atomic E-state index is 12.9. The van der Waals surface area contributed by atoms with E-state index in [-0.39, 0.29) is 29.8 Å². The molecule has 1 saturated heterocycles. The van der Waals surface area contributed by atoms with Gasteiger partial charge in [-0.25, -0.2) is 4.79 Å². The summed E-state index contributed by atoms with van der Waals surface area (Å²) in [6.07, 6.45) is 4.88. The van der Waals surface area contributed by atoms with Gasteiger partial charge in [0.15, 0.2) is 0 Å². The van der Waals surface area contributed by atoms with Crippen molar-refractivity contribution in [3.05, 3.63) is 53.6 Å². The van der Waals surface area contributed by atoms with Crippen molar-refractivity contribution in [1.29, 1.82) is 0 Å². The predicted octanol–water partition coefficient (Wildman–Crippen LogP) is 4.79. The highest BCUT2D eigenvalue weighted by atomic mass is 35.5. The zero-order valence-corrected chi connectivity index (χ0v) is 18.5. The van der Waals surface area contributed by atoms with Gasteiger partial charge in [-0.2, -0.15) is 0 Å². The first-order chi connectivity index (χ1) is 15.5. The quantitative estimate of drug-likeness (QED) is 0.606. The summed E-state index contributed by atoms with van der Waals surface area (Å²) in [5.74, 6) is -0.264. The number of halogens is 1. The van der Waals surface area contributed by atoms with E-state index >= 15 is 0 Å². The number of nitrogens with one attached hydrogen (secondary N) is 3. The largest absolute Gasteiger partial charge is 0.334 e. The van der Waals surface area contributed by atoms with Crippen molar-refractivity contribution in [1.82, 2.24) is 5.32 Å². The molecule has 4 amide bonds. The molecule has 8 heteroatoms. The minimum atomic E-state index is -0.340. The Labute approximate surface area is 192 Å². The van der Waals surface area contributed by atoms with Crippen molar-refractivity contribution in [3.63, 3.8) is 0 Å². The maximum Gasteiger partial charge on any atom is 0.319 e. The Morgan fingerprint density at radius 2 is 1.56 bits per heavy atom. The van der Waals surface area contributed by atoms with Gasteiger partial charge in [0.25, 0.3) is 0 Å². The normalized spacial score (nSPS) is 20.7. The molecule has 2 aromatic carbocycles. The maximum absolute atomic E-state index is 12.9. The zero-order valence-electron chi connectivity index (χ0n) is 17.8. The molecule has 0 aromatic heterocycles. The molecule has 3 N–H and O–H groups in total. The molecule has 0 unspecified atom stereocenters. The third-order valence-electron chi connectivity index (χ3n) is 6.04. The second kappa shape index (κ2) is 10.0. The molecule has 2 fully saturated rings. The van der Waals surface area contributed by atoms with Crippen LogP contribution in [0.3, 0.4) is 0 Å². The summed E-state index contributed by atoms with van der Waals surface area (Å²) in [6.45, 7) is 0.734. The van der Waals surface area contributed by atoms with Crippen LogP contribution in [0.4, 0.5) is 21.9 Å². The number of urea groups is 1. The summed E-state index contributed by atoms with van der Waals surface area (Å²) in [5.41, 5.74) is 2.17. The highest BCUT2D eigenvalue weighted by Gasteiger charge is 2.34. The lowest BCUT2D eigenvalue weighted by atomic mass is 10.0. The van der Waals surface area contributed by atoms with Gasteiger partial charge < -0.3 is 20.9 Å². The standard InChI is InChI=1S/C24H27ClN4O3/c25-16-7-9-18(10-8-16)27-24(32)28-21-5-3-4-20(21)23(31)26-17-11-13-19(14-12-17)29-15-2-1-6-22(29)30/h7-14,20-21H,1-6,15H2,(H,26,31)(H2,27,28,32)/t20-,21+/m1/s1. The van der Waals surface area contributed by atoms with Crippen LogP contribution in [0.15, 0.2) is 48.5 Å². The third kappa shape index (κ3) is 5.40. The lowest BCUT2D eigenvalue weighted by Crippen LogP contribution is -2.43. The van der Waals surface area contributed by atoms with Gasteiger partial charge in [0.1, 0.15) is 0 Å². The van der Waals surface area contributed by atoms with E-state index in [4.69, 9.17) is 11.6 Å². The van der Waals surface area contributed by atoms with Crippen LogP contribution in [0.5, 0.6) is 0 Å². The summed E-state index contributed by atoms with van der Waals surface area (Å²) in [6, 6.07) is 13.7. The van der Waals surface area contributed by atoms with Gasteiger partial charge >= 0.3 is 6.03 Å². The monoisotopic (exact) mass is 454 g/mol. The predicted molar refractivity (Wildman–Crippen MR) is 126 cm³/mol. The van der Waals surface area contributed by atoms with Crippen LogP contribution >= 0.6 is 11.6 Å². The average molecular weight is 455 g/mol. The van der Waals surface area contributed by atoms with E-state index < -0.39 is 0 Å². The van der Waals surface area contributed by atoms with Crippen LogP contribution < -0.4 is 20.9 Å². The van der Waals surface area contributed by atoms with Gasteiger partial charge in [-0.1, -0.05) is 18.0 Å². The number of benzene rings is 2. The second-order valence-corrected chi connectivity index (χ2v) is 8.72.